The highest BCUT2D eigenvalue weighted by atomic mass is 16.7. The fourth-order valence-corrected chi connectivity index (χ4v) is 4.56. The predicted octanol–water partition coefficient (Wildman–Crippen LogP) is 3.23. The van der Waals surface area contributed by atoms with Crippen molar-refractivity contribution in [2.75, 3.05) is 33.0 Å². The molecule has 1 saturated heterocycles. The van der Waals surface area contributed by atoms with Gasteiger partial charge in [-0.2, -0.15) is 5.10 Å². The van der Waals surface area contributed by atoms with E-state index in [-0.39, 0.29) is 12.7 Å². The average molecular weight is 487 g/mol. The van der Waals surface area contributed by atoms with E-state index >= 15 is 0 Å². The first-order valence-electron chi connectivity index (χ1n) is 11.9. The zero-order chi connectivity index (χ0) is 24.6. The minimum absolute atomic E-state index is 0.0284. The SMILES string of the molecule is Cc1ccc(-c2ccnc(-n3ncc(C(=O)N4CCN(Cc5ccc6c(c5)OCO6)CC4)c3C)n2)o1. The molecular formula is C26H26N6O4. The van der Waals surface area contributed by atoms with Gasteiger partial charge in [-0.3, -0.25) is 9.69 Å². The number of aromatic nitrogens is 4. The van der Waals surface area contributed by atoms with Crippen molar-refractivity contribution in [1.82, 2.24) is 29.5 Å². The van der Waals surface area contributed by atoms with Crippen LogP contribution in [0.3, 0.4) is 0 Å². The summed E-state index contributed by atoms with van der Waals surface area (Å²) >= 11 is 0. The van der Waals surface area contributed by atoms with E-state index in [1.165, 1.54) is 5.56 Å². The second-order valence-electron chi connectivity index (χ2n) is 8.96. The third-order valence-corrected chi connectivity index (χ3v) is 6.57. The number of ether oxygens (including phenoxy) is 2. The molecular weight excluding hydrogens is 460 g/mol. The number of furan rings is 1. The van der Waals surface area contributed by atoms with Gasteiger partial charge in [0.1, 0.15) is 11.5 Å². The van der Waals surface area contributed by atoms with E-state index in [0.29, 0.717) is 41.7 Å². The molecule has 0 atom stereocenters. The van der Waals surface area contributed by atoms with Gasteiger partial charge < -0.3 is 18.8 Å². The molecule has 4 aromatic rings. The molecule has 184 valence electrons. The first-order chi connectivity index (χ1) is 17.5. The molecule has 6 rings (SSSR count). The van der Waals surface area contributed by atoms with Gasteiger partial charge in [-0.25, -0.2) is 14.6 Å². The molecule has 0 unspecified atom stereocenters. The van der Waals surface area contributed by atoms with E-state index in [2.05, 4.69) is 26.0 Å². The molecule has 10 heteroatoms. The fourth-order valence-electron chi connectivity index (χ4n) is 4.56. The maximum atomic E-state index is 13.3. The molecule has 1 aromatic carbocycles. The first-order valence-corrected chi connectivity index (χ1v) is 11.9. The number of amides is 1. The van der Waals surface area contributed by atoms with Crippen molar-refractivity contribution in [3.63, 3.8) is 0 Å². The van der Waals surface area contributed by atoms with Gasteiger partial charge >= 0.3 is 0 Å². The number of rotatable bonds is 5. The number of hydrogen-bond acceptors (Lipinski definition) is 8. The van der Waals surface area contributed by atoms with Crippen LogP contribution in [0, 0.1) is 13.8 Å². The monoisotopic (exact) mass is 486 g/mol. The van der Waals surface area contributed by atoms with Crippen LogP contribution < -0.4 is 9.47 Å². The van der Waals surface area contributed by atoms with Crippen molar-refractivity contribution in [2.24, 2.45) is 0 Å². The summed E-state index contributed by atoms with van der Waals surface area (Å²) in [4.78, 5) is 26.5. The van der Waals surface area contributed by atoms with Crippen LogP contribution in [-0.4, -0.2) is 68.4 Å². The molecule has 2 aliphatic rings. The van der Waals surface area contributed by atoms with Crippen LogP contribution in [0.2, 0.25) is 0 Å². The molecule has 0 spiro atoms. The molecule has 1 fully saturated rings. The lowest BCUT2D eigenvalue weighted by Crippen LogP contribution is -2.48. The van der Waals surface area contributed by atoms with Crippen LogP contribution in [0.4, 0.5) is 0 Å². The van der Waals surface area contributed by atoms with Crippen LogP contribution in [-0.2, 0) is 6.54 Å². The van der Waals surface area contributed by atoms with Crippen molar-refractivity contribution in [2.45, 2.75) is 20.4 Å². The molecule has 5 heterocycles. The Kier molecular flexibility index (Phi) is 5.65. The Morgan fingerprint density at radius 3 is 2.64 bits per heavy atom. The minimum Gasteiger partial charge on any atom is -0.460 e. The van der Waals surface area contributed by atoms with Gasteiger partial charge in [-0.05, 0) is 49.7 Å². The van der Waals surface area contributed by atoms with Crippen LogP contribution in [0.15, 0.2) is 53.2 Å². The van der Waals surface area contributed by atoms with E-state index in [4.69, 9.17) is 13.9 Å². The van der Waals surface area contributed by atoms with E-state index in [9.17, 15) is 4.79 Å². The number of benzene rings is 1. The van der Waals surface area contributed by atoms with Gasteiger partial charge in [0.2, 0.25) is 6.79 Å². The highest BCUT2D eigenvalue weighted by molar-refractivity contribution is 5.95. The number of nitrogens with zero attached hydrogens (tertiary/aromatic N) is 6. The number of piperazine rings is 1. The summed E-state index contributed by atoms with van der Waals surface area (Å²) in [6.07, 6.45) is 3.27. The van der Waals surface area contributed by atoms with Gasteiger partial charge in [-0.15, -0.1) is 0 Å². The molecule has 0 bridgehead atoms. The first kappa shape index (κ1) is 22.3. The predicted molar refractivity (Wildman–Crippen MR) is 130 cm³/mol. The average Bonchev–Trinajstić information content (AvgIpc) is 3.64. The number of carbonyl (C=O) groups is 1. The number of aryl methyl sites for hydroxylation is 1. The smallest absolute Gasteiger partial charge is 0.257 e. The number of hydrogen-bond donors (Lipinski definition) is 0. The Hall–Kier alpha value is -4.18. The maximum Gasteiger partial charge on any atom is 0.257 e. The quantitative estimate of drug-likeness (QED) is 0.424. The van der Waals surface area contributed by atoms with Crippen molar-refractivity contribution in [1.29, 1.82) is 0 Å². The summed E-state index contributed by atoms with van der Waals surface area (Å²) in [5.41, 5.74) is 3.09. The van der Waals surface area contributed by atoms with Crippen molar-refractivity contribution in [3.05, 3.63) is 71.4 Å². The summed E-state index contributed by atoms with van der Waals surface area (Å²) < 4.78 is 18.2. The second-order valence-corrected chi connectivity index (χ2v) is 8.96. The van der Waals surface area contributed by atoms with Crippen molar-refractivity contribution in [3.8, 4) is 28.9 Å². The van der Waals surface area contributed by atoms with Gasteiger partial charge in [-0.1, -0.05) is 6.07 Å². The van der Waals surface area contributed by atoms with E-state index in [1.807, 2.05) is 43.0 Å². The summed E-state index contributed by atoms with van der Waals surface area (Å²) in [6, 6.07) is 11.6. The highest BCUT2D eigenvalue weighted by Crippen LogP contribution is 2.33. The normalized spacial score (nSPS) is 15.4. The third-order valence-electron chi connectivity index (χ3n) is 6.57. The van der Waals surface area contributed by atoms with Crippen molar-refractivity contribution >= 4 is 5.91 Å². The molecule has 36 heavy (non-hydrogen) atoms. The zero-order valence-electron chi connectivity index (χ0n) is 20.2. The summed E-state index contributed by atoms with van der Waals surface area (Å²) in [5, 5.41) is 4.42. The molecule has 3 aromatic heterocycles. The van der Waals surface area contributed by atoms with Gasteiger partial charge in [0.25, 0.3) is 11.9 Å². The fraction of sp³-hybridized carbons (Fsp3) is 0.308. The molecule has 0 aliphatic carbocycles. The summed E-state index contributed by atoms with van der Waals surface area (Å²) in [7, 11) is 0. The van der Waals surface area contributed by atoms with Crippen LogP contribution in [0.1, 0.15) is 27.4 Å². The van der Waals surface area contributed by atoms with Gasteiger partial charge in [0.15, 0.2) is 17.3 Å². The van der Waals surface area contributed by atoms with E-state index < -0.39 is 0 Å². The second kappa shape index (κ2) is 9.12. The number of fused-ring (bicyclic) bond motifs is 1. The van der Waals surface area contributed by atoms with Gasteiger partial charge in [0, 0.05) is 38.9 Å². The lowest BCUT2D eigenvalue weighted by atomic mass is 10.1. The molecule has 2 aliphatic heterocycles. The molecule has 0 saturated carbocycles. The molecule has 10 nitrogen and oxygen atoms in total. The Bertz CT molecular complexity index is 1420. The molecule has 1 amide bonds. The summed E-state index contributed by atoms with van der Waals surface area (Å²) in [6.45, 7) is 7.72. The summed E-state index contributed by atoms with van der Waals surface area (Å²) in [5.74, 6) is 3.42. The topological polar surface area (TPSA) is 98.8 Å². The lowest BCUT2D eigenvalue weighted by molar-refractivity contribution is 0.0627. The van der Waals surface area contributed by atoms with Crippen LogP contribution in [0.25, 0.3) is 17.4 Å². The minimum atomic E-state index is -0.0284. The Morgan fingerprint density at radius 1 is 1.00 bits per heavy atom. The maximum absolute atomic E-state index is 13.3. The Morgan fingerprint density at radius 2 is 1.83 bits per heavy atom. The Labute approximate surface area is 208 Å². The van der Waals surface area contributed by atoms with E-state index in [0.717, 1.165) is 36.9 Å². The van der Waals surface area contributed by atoms with Crippen LogP contribution in [0.5, 0.6) is 11.5 Å². The standard InChI is InChI=1S/C26H26N6O4/c1-17-3-5-22(36-17)21-7-8-27-26(29-21)32-18(2)20(14-28-32)25(33)31-11-9-30(10-12-31)15-19-4-6-23-24(13-19)35-16-34-23/h3-8,13-14H,9-12,15-16H2,1-2H3. The highest BCUT2D eigenvalue weighted by Gasteiger charge is 2.26. The van der Waals surface area contributed by atoms with Crippen molar-refractivity contribution < 1.29 is 18.7 Å². The Balaban J connectivity index is 1.12. The largest absolute Gasteiger partial charge is 0.460 e. The molecule has 0 radical (unpaired) electrons. The van der Waals surface area contributed by atoms with Gasteiger partial charge in [0.05, 0.1) is 17.5 Å². The lowest BCUT2D eigenvalue weighted by Gasteiger charge is -2.34. The van der Waals surface area contributed by atoms with Crippen LogP contribution >= 0.6 is 0 Å². The number of carbonyl (C=O) groups excluding carboxylic acids is 1. The van der Waals surface area contributed by atoms with E-state index in [1.54, 1.807) is 23.1 Å². The zero-order valence-corrected chi connectivity index (χ0v) is 20.2. The molecule has 0 N–H and O–H groups in total. The third kappa shape index (κ3) is 4.20.